The number of nitrogens with zero attached hydrogens (tertiary/aromatic N) is 1. The number of nitrogens with one attached hydrogen (secondary N) is 2. The van der Waals surface area contributed by atoms with Crippen LogP contribution < -0.4 is 10.6 Å². The normalized spacial score (nSPS) is 13.2. The number of carbonyl (C=O) groups is 4. The maximum absolute atomic E-state index is 12.1. The zero-order valence-electron chi connectivity index (χ0n) is 15.5. The van der Waals surface area contributed by atoms with Gasteiger partial charge in [0, 0.05) is 4.47 Å². The van der Waals surface area contributed by atoms with Gasteiger partial charge < -0.3 is 15.4 Å². The molecule has 1 fully saturated rings. The van der Waals surface area contributed by atoms with Crippen LogP contribution in [0.4, 0.5) is 10.5 Å². The van der Waals surface area contributed by atoms with Gasteiger partial charge in [-0.1, -0.05) is 18.2 Å². The molecule has 0 aliphatic carbocycles. The smallest absolute Gasteiger partial charge is 0.338 e. The maximum atomic E-state index is 12.1. The molecule has 1 aliphatic heterocycles. The predicted octanol–water partition coefficient (Wildman–Crippen LogP) is 2.60. The molecule has 0 atom stereocenters. The summed E-state index contributed by atoms with van der Waals surface area (Å²) in [7, 11) is 0. The molecule has 1 saturated heterocycles. The van der Waals surface area contributed by atoms with Gasteiger partial charge in [-0.15, -0.1) is 0 Å². The summed E-state index contributed by atoms with van der Waals surface area (Å²) in [5.74, 6) is -1.41. The summed E-state index contributed by atoms with van der Waals surface area (Å²) in [5, 5.41) is 5.11. The van der Waals surface area contributed by atoms with Crippen molar-refractivity contribution < 1.29 is 23.9 Å². The Morgan fingerprint density at radius 1 is 1.17 bits per heavy atom. The van der Waals surface area contributed by atoms with Crippen LogP contribution in [0.1, 0.15) is 21.5 Å². The molecule has 2 aromatic rings. The lowest BCUT2D eigenvalue weighted by Gasteiger charge is -2.12. The quantitative estimate of drug-likeness (QED) is 0.510. The Labute approximate surface area is 175 Å². The van der Waals surface area contributed by atoms with Gasteiger partial charge in [-0.05, 0) is 58.2 Å². The highest BCUT2D eigenvalue weighted by molar-refractivity contribution is 9.10. The first-order valence-corrected chi connectivity index (χ1v) is 9.53. The van der Waals surface area contributed by atoms with Crippen LogP contribution in [-0.4, -0.2) is 41.9 Å². The second kappa shape index (κ2) is 8.87. The van der Waals surface area contributed by atoms with E-state index < -0.39 is 24.5 Å². The zero-order valence-corrected chi connectivity index (χ0v) is 17.1. The van der Waals surface area contributed by atoms with Crippen molar-refractivity contribution in [3.63, 3.8) is 0 Å². The molecule has 3 rings (SSSR count). The summed E-state index contributed by atoms with van der Waals surface area (Å²) in [5.41, 5.74) is 2.57. The van der Waals surface area contributed by atoms with Crippen LogP contribution in [0.3, 0.4) is 0 Å². The minimum absolute atomic E-state index is 0.00946. The van der Waals surface area contributed by atoms with E-state index in [1.807, 2.05) is 19.1 Å². The molecule has 0 bridgehead atoms. The summed E-state index contributed by atoms with van der Waals surface area (Å²) >= 11 is 3.37. The van der Waals surface area contributed by atoms with Gasteiger partial charge in [0.25, 0.3) is 5.91 Å². The third kappa shape index (κ3) is 5.20. The van der Waals surface area contributed by atoms with Crippen molar-refractivity contribution in [3.8, 4) is 0 Å². The molecular weight excluding hydrogens is 442 g/mol. The van der Waals surface area contributed by atoms with Gasteiger partial charge in [-0.3, -0.25) is 14.5 Å². The molecule has 0 radical (unpaired) electrons. The van der Waals surface area contributed by atoms with Crippen LogP contribution in [0, 0.1) is 6.92 Å². The monoisotopic (exact) mass is 459 g/mol. The highest BCUT2D eigenvalue weighted by atomic mass is 79.9. The van der Waals surface area contributed by atoms with E-state index in [-0.39, 0.29) is 24.6 Å². The average molecular weight is 460 g/mol. The minimum Gasteiger partial charge on any atom is -0.452 e. The highest BCUT2D eigenvalue weighted by Crippen LogP contribution is 2.23. The van der Waals surface area contributed by atoms with Gasteiger partial charge in [0.1, 0.15) is 0 Å². The van der Waals surface area contributed by atoms with Crippen LogP contribution in [0.5, 0.6) is 0 Å². The largest absolute Gasteiger partial charge is 0.452 e. The van der Waals surface area contributed by atoms with Gasteiger partial charge in [-0.25, -0.2) is 9.59 Å². The number of rotatable bonds is 6. The Balaban J connectivity index is 1.52. The minimum atomic E-state index is -0.648. The molecule has 0 spiro atoms. The van der Waals surface area contributed by atoms with Crippen LogP contribution in [0.25, 0.3) is 0 Å². The maximum Gasteiger partial charge on any atom is 0.338 e. The van der Waals surface area contributed by atoms with Gasteiger partial charge in [0.2, 0.25) is 5.91 Å². The molecule has 0 saturated carbocycles. The van der Waals surface area contributed by atoms with Crippen LogP contribution in [-0.2, 0) is 20.9 Å². The average Bonchev–Trinajstić information content (AvgIpc) is 3.01. The zero-order chi connectivity index (χ0) is 21.0. The van der Waals surface area contributed by atoms with Crippen molar-refractivity contribution in [2.24, 2.45) is 0 Å². The number of aryl methyl sites for hydroxylation is 1. The van der Waals surface area contributed by atoms with Crippen molar-refractivity contribution in [2.75, 3.05) is 18.5 Å². The number of imide groups is 1. The van der Waals surface area contributed by atoms with Gasteiger partial charge in [0.05, 0.1) is 24.3 Å². The molecule has 2 N–H and O–H groups in total. The summed E-state index contributed by atoms with van der Waals surface area (Å²) in [6.07, 6.45) is 0. The topological polar surface area (TPSA) is 105 Å². The Kier molecular flexibility index (Phi) is 6.28. The Hall–Kier alpha value is -3.20. The van der Waals surface area contributed by atoms with Gasteiger partial charge >= 0.3 is 12.0 Å². The summed E-state index contributed by atoms with van der Waals surface area (Å²) in [4.78, 5) is 48.4. The van der Waals surface area contributed by atoms with Crippen LogP contribution in [0.2, 0.25) is 0 Å². The van der Waals surface area contributed by atoms with Crippen molar-refractivity contribution >= 4 is 45.4 Å². The number of hydrogen-bond acceptors (Lipinski definition) is 5. The third-order valence-electron chi connectivity index (χ3n) is 4.20. The van der Waals surface area contributed by atoms with E-state index in [9.17, 15) is 19.2 Å². The van der Waals surface area contributed by atoms with E-state index >= 15 is 0 Å². The molecule has 0 aromatic heterocycles. The lowest BCUT2D eigenvalue weighted by molar-refractivity contribution is -0.125. The number of amides is 4. The molecule has 8 nitrogen and oxygen atoms in total. The van der Waals surface area contributed by atoms with E-state index in [2.05, 4.69) is 26.6 Å². The van der Waals surface area contributed by atoms with Crippen LogP contribution in [0.15, 0.2) is 46.9 Å². The van der Waals surface area contributed by atoms with Crippen molar-refractivity contribution in [1.29, 1.82) is 0 Å². The van der Waals surface area contributed by atoms with E-state index in [0.717, 1.165) is 14.9 Å². The van der Waals surface area contributed by atoms with Gasteiger partial charge in [0.15, 0.2) is 6.61 Å². The molecule has 150 valence electrons. The molecule has 29 heavy (non-hydrogen) atoms. The molecule has 9 heteroatoms. The second-order valence-corrected chi connectivity index (χ2v) is 7.30. The number of hydrogen-bond donors (Lipinski definition) is 2. The van der Waals surface area contributed by atoms with E-state index in [0.29, 0.717) is 11.3 Å². The number of ether oxygens (including phenoxy) is 1. The first kappa shape index (κ1) is 20.5. The van der Waals surface area contributed by atoms with Crippen molar-refractivity contribution in [2.45, 2.75) is 13.5 Å². The molecule has 4 amide bonds. The number of carbonyl (C=O) groups excluding carboxylic acids is 4. The van der Waals surface area contributed by atoms with Gasteiger partial charge in [-0.2, -0.15) is 0 Å². The number of urea groups is 1. The summed E-state index contributed by atoms with van der Waals surface area (Å²) in [6.45, 7) is 1.61. The number of esters is 1. The number of anilines is 1. The van der Waals surface area contributed by atoms with Crippen molar-refractivity contribution in [1.82, 2.24) is 10.2 Å². The third-order valence-corrected chi connectivity index (χ3v) is 4.86. The van der Waals surface area contributed by atoms with E-state index in [1.165, 1.54) is 12.1 Å². The fourth-order valence-electron chi connectivity index (χ4n) is 2.67. The summed E-state index contributed by atoms with van der Waals surface area (Å²) in [6, 6.07) is 11.3. The predicted molar refractivity (Wildman–Crippen MR) is 108 cm³/mol. The van der Waals surface area contributed by atoms with E-state index in [1.54, 1.807) is 18.2 Å². The Morgan fingerprint density at radius 3 is 2.52 bits per heavy atom. The number of halogens is 1. The SMILES string of the molecule is Cc1ccc(NC(=O)COC(=O)c2ccc(CN3C(=O)CNC3=O)cc2)c(Br)c1. The van der Waals surface area contributed by atoms with Crippen molar-refractivity contribution in [3.05, 3.63) is 63.6 Å². The first-order valence-electron chi connectivity index (χ1n) is 8.74. The fraction of sp³-hybridized carbons (Fsp3) is 0.200. The van der Waals surface area contributed by atoms with Crippen LogP contribution >= 0.6 is 15.9 Å². The van der Waals surface area contributed by atoms with E-state index in [4.69, 9.17) is 4.74 Å². The standard InChI is InChI=1S/C20H18BrN3O5/c1-12-2-7-16(15(21)8-12)23-17(25)11-29-19(27)14-5-3-13(4-6-14)10-24-18(26)9-22-20(24)28/h2-8H,9-11H2,1H3,(H,22,28)(H,23,25). The summed E-state index contributed by atoms with van der Waals surface area (Å²) < 4.78 is 5.77. The molecule has 2 aromatic carbocycles. The number of benzene rings is 2. The first-order chi connectivity index (χ1) is 13.8. The Morgan fingerprint density at radius 2 is 1.90 bits per heavy atom. The lowest BCUT2D eigenvalue weighted by Crippen LogP contribution is -2.30. The molecular formula is C20H18BrN3O5. The molecule has 0 unspecified atom stereocenters. The lowest BCUT2D eigenvalue weighted by atomic mass is 10.1. The molecule has 1 aliphatic rings. The second-order valence-electron chi connectivity index (χ2n) is 6.44. The Bertz CT molecular complexity index is 959. The highest BCUT2D eigenvalue weighted by Gasteiger charge is 2.28. The molecule has 1 heterocycles. The fourth-order valence-corrected chi connectivity index (χ4v) is 3.26.